The predicted octanol–water partition coefficient (Wildman–Crippen LogP) is 5.18. The summed E-state index contributed by atoms with van der Waals surface area (Å²) in [6.45, 7) is 2.01. The number of thiocarbonyl (C=S) groups is 1. The van der Waals surface area contributed by atoms with Gasteiger partial charge in [0.2, 0.25) is 0 Å². The number of halogens is 1. The van der Waals surface area contributed by atoms with Crippen LogP contribution in [0.1, 0.15) is 37.3 Å². The first kappa shape index (κ1) is 17.1. The minimum Gasteiger partial charge on any atom is -0.350 e. The number of nitrogens with zero attached hydrogens (tertiary/aromatic N) is 1. The van der Waals surface area contributed by atoms with Crippen LogP contribution in [0.3, 0.4) is 0 Å². The van der Waals surface area contributed by atoms with E-state index in [0.717, 1.165) is 29.3 Å². The standard InChI is InChI=1S/C20H23FN2S/c21-18-12-6-5-11-17(18)19(23-13-7-2-8-14-23)15-20(24)22-16-9-3-1-4-10-16/h1,3-6,9-12,19H,2,7-8,13-15H2,(H,22,24)/t19-/m0/s1. The van der Waals surface area contributed by atoms with Crippen LogP contribution in [0.2, 0.25) is 0 Å². The summed E-state index contributed by atoms with van der Waals surface area (Å²) in [5, 5.41) is 3.28. The highest BCUT2D eigenvalue weighted by atomic mass is 32.1. The van der Waals surface area contributed by atoms with Crippen molar-refractivity contribution in [1.29, 1.82) is 0 Å². The third kappa shape index (κ3) is 4.40. The zero-order valence-electron chi connectivity index (χ0n) is 13.7. The quantitative estimate of drug-likeness (QED) is 0.754. The van der Waals surface area contributed by atoms with Crippen LogP contribution < -0.4 is 5.32 Å². The molecule has 0 saturated carbocycles. The fraction of sp³-hybridized carbons (Fsp3) is 0.350. The molecule has 2 aromatic carbocycles. The summed E-state index contributed by atoms with van der Waals surface area (Å²) < 4.78 is 14.4. The molecule has 1 N–H and O–H groups in total. The summed E-state index contributed by atoms with van der Waals surface area (Å²) >= 11 is 5.56. The third-order valence-corrected chi connectivity index (χ3v) is 4.80. The van der Waals surface area contributed by atoms with Gasteiger partial charge < -0.3 is 5.32 Å². The number of nitrogens with one attached hydrogen (secondary N) is 1. The SMILES string of the molecule is Fc1ccccc1[C@H](CC(=S)Nc1ccccc1)N1CCCCC1. The van der Waals surface area contributed by atoms with Gasteiger partial charge in [-0.05, 0) is 44.1 Å². The maximum Gasteiger partial charge on any atom is 0.127 e. The van der Waals surface area contributed by atoms with Crippen molar-refractivity contribution in [2.24, 2.45) is 0 Å². The van der Waals surface area contributed by atoms with E-state index in [1.165, 1.54) is 19.3 Å². The molecular formula is C20H23FN2S. The second-order valence-corrected chi connectivity index (χ2v) is 6.75. The zero-order chi connectivity index (χ0) is 16.8. The van der Waals surface area contributed by atoms with Crippen LogP contribution in [0.5, 0.6) is 0 Å². The topological polar surface area (TPSA) is 15.3 Å². The third-order valence-electron chi connectivity index (χ3n) is 4.53. The Morgan fingerprint density at radius 3 is 2.38 bits per heavy atom. The molecule has 1 heterocycles. The smallest absolute Gasteiger partial charge is 0.127 e. The van der Waals surface area contributed by atoms with Gasteiger partial charge in [0.15, 0.2) is 0 Å². The Labute approximate surface area is 148 Å². The molecule has 0 radical (unpaired) electrons. The molecule has 1 fully saturated rings. The van der Waals surface area contributed by atoms with Gasteiger partial charge >= 0.3 is 0 Å². The van der Waals surface area contributed by atoms with Gasteiger partial charge in [-0.1, -0.05) is 55.0 Å². The van der Waals surface area contributed by atoms with E-state index < -0.39 is 0 Å². The number of para-hydroxylation sites is 1. The van der Waals surface area contributed by atoms with Crippen molar-refractivity contribution >= 4 is 22.9 Å². The minimum absolute atomic E-state index is 0.00443. The molecule has 0 aliphatic carbocycles. The lowest BCUT2D eigenvalue weighted by atomic mass is 9.98. The summed E-state index contributed by atoms with van der Waals surface area (Å²) in [6.07, 6.45) is 4.23. The first-order valence-electron chi connectivity index (χ1n) is 8.57. The minimum atomic E-state index is -0.143. The fourth-order valence-electron chi connectivity index (χ4n) is 3.32. The molecule has 0 spiro atoms. The van der Waals surface area contributed by atoms with Gasteiger partial charge in [-0.15, -0.1) is 0 Å². The van der Waals surface area contributed by atoms with E-state index in [2.05, 4.69) is 10.2 Å². The van der Waals surface area contributed by atoms with E-state index in [0.29, 0.717) is 6.42 Å². The van der Waals surface area contributed by atoms with Crippen LogP contribution in [-0.4, -0.2) is 23.0 Å². The molecule has 24 heavy (non-hydrogen) atoms. The monoisotopic (exact) mass is 342 g/mol. The van der Waals surface area contributed by atoms with Gasteiger partial charge in [-0.2, -0.15) is 0 Å². The highest BCUT2D eigenvalue weighted by Gasteiger charge is 2.25. The molecule has 1 atom stereocenters. The number of likely N-dealkylation sites (tertiary alicyclic amines) is 1. The molecule has 0 aromatic heterocycles. The summed E-state index contributed by atoms with van der Waals surface area (Å²) in [5.74, 6) is -0.143. The Balaban J connectivity index is 1.77. The van der Waals surface area contributed by atoms with E-state index in [9.17, 15) is 4.39 Å². The normalized spacial score (nSPS) is 16.5. The highest BCUT2D eigenvalue weighted by molar-refractivity contribution is 7.80. The molecule has 126 valence electrons. The van der Waals surface area contributed by atoms with Gasteiger partial charge in [-0.25, -0.2) is 4.39 Å². The molecule has 1 aliphatic heterocycles. The Bertz CT molecular complexity index is 668. The number of rotatable bonds is 5. The van der Waals surface area contributed by atoms with Gasteiger partial charge in [-0.3, -0.25) is 4.90 Å². The molecular weight excluding hydrogens is 319 g/mol. The number of benzene rings is 2. The molecule has 2 aromatic rings. The second-order valence-electron chi connectivity index (χ2n) is 6.25. The maximum atomic E-state index is 14.4. The predicted molar refractivity (Wildman–Crippen MR) is 102 cm³/mol. The van der Waals surface area contributed by atoms with Crippen LogP contribution in [0.25, 0.3) is 0 Å². The van der Waals surface area contributed by atoms with Crippen molar-refractivity contribution in [3.8, 4) is 0 Å². The van der Waals surface area contributed by atoms with Crippen LogP contribution in [0, 0.1) is 5.82 Å². The summed E-state index contributed by atoms with van der Waals surface area (Å²) in [5.41, 5.74) is 1.73. The summed E-state index contributed by atoms with van der Waals surface area (Å²) in [6, 6.07) is 17.0. The zero-order valence-corrected chi connectivity index (χ0v) is 14.6. The van der Waals surface area contributed by atoms with Crippen molar-refractivity contribution < 1.29 is 4.39 Å². The van der Waals surface area contributed by atoms with Crippen molar-refractivity contribution in [1.82, 2.24) is 4.90 Å². The Morgan fingerprint density at radius 2 is 1.67 bits per heavy atom. The van der Waals surface area contributed by atoms with E-state index in [4.69, 9.17) is 12.2 Å². The van der Waals surface area contributed by atoms with Crippen molar-refractivity contribution in [3.05, 3.63) is 66.0 Å². The molecule has 0 unspecified atom stereocenters. The Morgan fingerprint density at radius 1 is 1.00 bits per heavy atom. The molecule has 1 aliphatic rings. The van der Waals surface area contributed by atoms with Crippen molar-refractivity contribution in [2.75, 3.05) is 18.4 Å². The van der Waals surface area contributed by atoms with E-state index >= 15 is 0 Å². The van der Waals surface area contributed by atoms with Crippen LogP contribution >= 0.6 is 12.2 Å². The Kier molecular flexibility index (Phi) is 5.94. The molecule has 4 heteroatoms. The average molecular weight is 342 g/mol. The summed E-state index contributed by atoms with van der Waals surface area (Å²) in [4.78, 5) is 3.13. The van der Waals surface area contributed by atoms with Gasteiger partial charge in [0.05, 0.1) is 4.99 Å². The molecule has 0 bridgehead atoms. The lowest BCUT2D eigenvalue weighted by Crippen LogP contribution is -2.36. The first-order chi connectivity index (χ1) is 11.7. The van der Waals surface area contributed by atoms with Crippen LogP contribution in [0.15, 0.2) is 54.6 Å². The average Bonchev–Trinajstić information content (AvgIpc) is 2.62. The Hall–Kier alpha value is -1.78. The number of hydrogen-bond donors (Lipinski definition) is 1. The van der Waals surface area contributed by atoms with E-state index in [1.807, 2.05) is 42.5 Å². The second kappa shape index (κ2) is 8.36. The number of piperidine rings is 1. The molecule has 3 rings (SSSR count). The van der Waals surface area contributed by atoms with Crippen molar-refractivity contribution in [3.63, 3.8) is 0 Å². The molecule has 1 saturated heterocycles. The highest BCUT2D eigenvalue weighted by Crippen LogP contribution is 2.30. The van der Waals surface area contributed by atoms with E-state index in [-0.39, 0.29) is 11.9 Å². The van der Waals surface area contributed by atoms with Crippen LogP contribution in [0.4, 0.5) is 10.1 Å². The lowest BCUT2D eigenvalue weighted by molar-refractivity contribution is 0.164. The molecule has 2 nitrogen and oxygen atoms in total. The number of hydrogen-bond acceptors (Lipinski definition) is 2. The van der Waals surface area contributed by atoms with Gasteiger partial charge in [0.1, 0.15) is 5.82 Å². The van der Waals surface area contributed by atoms with Gasteiger partial charge in [0.25, 0.3) is 0 Å². The first-order valence-corrected chi connectivity index (χ1v) is 8.98. The maximum absolute atomic E-state index is 14.4. The number of anilines is 1. The fourth-order valence-corrected chi connectivity index (χ4v) is 3.60. The largest absolute Gasteiger partial charge is 0.350 e. The lowest BCUT2D eigenvalue weighted by Gasteiger charge is -2.35. The van der Waals surface area contributed by atoms with E-state index in [1.54, 1.807) is 12.1 Å². The van der Waals surface area contributed by atoms with Gasteiger partial charge in [0, 0.05) is 23.7 Å². The summed E-state index contributed by atoms with van der Waals surface area (Å²) in [7, 11) is 0. The van der Waals surface area contributed by atoms with Crippen LogP contribution in [-0.2, 0) is 0 Å². The van der Waals surface area contributed by atoms with Crippen molar-refractivity contribution in [2.45, 2.75) is 31.7 Å². The molecule has 0 amide bonds.